The summed E-state index contributed by atoms with van der Waals surface area (Å²) < 4.78 is 7.42. The Hall–Kier alpha value is -1.97. The number of para-hydroxylation sites is 1. The van der Waals surface area contributed by atoms with Crippen molar-refractivity contribution in [3.63, 3.8) is 0 Å². The maximum Gasteiger partial charge on any atom is 0.162 e. The van der Waals surface area contributed by atoms with E-state index in [1.165, 1.54) is 11.3 Å². The van der Waals surface area contributed by atoms with Crippen LogP contribution in [0.3, 0.4) is 0 Å². The van der Waals surface area contributed by atoms with Gasteiger partial charge in [0.2, 0.25) is 0 Å². The van der Waals surface area contributed by atoms with Crippen LogP contribution in [0, 0.1) is 0 Å². The molecule has 4 nitrogen and oxygen atoms in total. The van der Waals surface area contributed by atoms with Gasteiger partial charge in [-0.15, -0.1) is 0 Å². The normalized spacial score (nSPS) is 17.3. The number of hydrogen-bond donors (Lipinski definition) is 1. The molecule has 1 N–H and O–H groups in total. The zero-order valence-electron chi connectivity index (χ0n) is 10.7. The van der Waals surface area contributed by atoms with Crippen LogP contribution in [0.2, 0.25) is 0 Å². The second-order valence-corrected chi connectivity index (χ2v) is 4.47. The molecule has 1 aliphatic heterocycles. The maximum absolute atomic E-state index is 5.42. The summed E-state index contributed by atoms with van der Waals surface area (Å²) in [6.07, 6.45) is 2.78. The van der Waals surface area contributed by atoms with Crippen molar-refractivity contribution in [1.29, 1.82) is 0 Å². The first-order valence-electron chi connectivity index (χ1n) is 6.27. The van der Waals surface area contributed by atoms with E-state index in [9.17, 15) is 0 Å². The Morgan fingerprint density at radius 3 is 3.00 bits per heavy atom. The van der Waals surface area contributed by atoms with Gasteiger partial charge in [0.1, 0.15) is 5.69 Å². The Bertz CT molecular complexity index is 515. The van der Waals surface area contributed by atoms with Crippen LogP contribution >= 0.6 is 0 Å². The molecule has 0 aliphatic carbocycles. The second-order valence-electron chi connectivity index (χ2n) is 4.47. The van der Waals surface area contributed by atoms with Crippen LogP contribution in [-0.2, 0) is 13.0 Å². The average molecular weight is 243 g/mol. The van der Waals surface area contributed by atoms with Crippen LogP contribution in [0.4, 0.5) is 5.69 Å². The third-order valence-corrected chi connectivity index (χ3v) is 3.47. The summed E-state index contributed by atoms with van der Waals surface area (Å²) in [6.45, 7) is 2.95. The van der Waals surface area contributed by atoms with E-state index in [-0.39, 0.29) is 6.04 Å². The number of rotatable bonds is 3. The lowest BCUT2D eigenvalue weighted by molar-refractivity contribution is 0.404. The number of hydrogen-bond acceptors (Lipinski definition) is 3. The molecule has 0 spiro atoms. The molecule has 2 heterocycles. The largest absolute Gasteiger partial charge is 0.493 e. The van der Waals surface area contributed by atoms with Crippen molar-refractivity contribution >= 4 is 5.69 Å². The van der Waals surface area contributed by atoms with Crippen molar-refractivity contribution < 1.29 is 4.74 Å². The first-order valence-corrected chi connectivity index (χ1v) is 6.27. The molecule has 18 heavy (non-hydrogen) atoms. The summed E-state index contributed by atoms with van der Waals surface area (Å²) >= 11 is 0. The van der Waals surface area contributed by atoms with Crippen molar-refractivity contribution in [2.75, 3.05) is 12.4 Å². The minimum absolute atomic E-state index is 0.250. The Kier molecular flexibility index (Phi) is 2.70. The minimum Gasteiger partial charge on any atom is -0.493 e. The minimum atomic E-state index is 0.250. The number of nitrogens with zero attached hydrogens (tertiary/aromatic N) is 2. The second kappa shape index (κ2) is 4.37. The fraction of sp³-hybridized carbons (Fsp3) is 0.357. The first-order chi connectivity index (χ1) is 8.83. The molecular formula is C14H17N3O. The Morgan fingerprint density at radius 2 is 2.28 bits per heavy atom. The molecule has 3 rings (SSSR count). The molecule has 0 saturated heterocycles. The van der Waals surface area contributed by atoms with E-state index < -0.39 is 0 Å². The van der Waals surface area contributed by atoms with E-state index in [2.05, 4.69) is 41.6 Å². The SMILES string of the molecule is CCn1ncc(OC)c1C1Cc2ccccc2N1. The fourth-order valence-corrected chi connectivity index (χ4v) is 2.60. The van der Waals surface area contributed by atoms with E-state index >= 15 is 0 Å². The van der Waals surface area contributed by atoms with Crippen LogP contribution in [0.25, 0.3) is 0 Å². The summed E-state index contributed by atoms with van der Waals surface area (Å²) in [5, 5.41) is 7.91. The molecule has 94 valence electrons. The van der Waals surface area contributed by atoms with Crippen LogP contribution in [0.15, 0.2) is 30.5 Å². The monoisotopic (exact) mass is 243 g/mol. The van der Waals surface area contributed by atoms with Gasteiger partial charge in [-0.3, -0.25) is 4.68 Å². The zero-order valence-corrected chi connectivity index (χ0v) is 10.7. The Balaban J connectivity index is 1.96. The third kappa shape index (κ3) is 1.65. The molecule has 1 unspecified atom stereocenters. The summed E-state index contributed by atoms with van der Waals surface area (Å²) in [4.78, 5) is 0. The van der Waals surface area contributed by atoms with E-state index in [1.807, 2.05) is 4.68 Å². The van der Waals surface area contributed by atoms with Gasteiger partial charge in [0, 0.05) is 18.7 Å². The van der Waals surface area contributed by atoms with Crippen LogP contribution in [0.1, 0.15) is 24.2 Å². The van der Waals surface area contributed by atoms with Gasteiger partial charge in [-0.05, 0) is 18.6 Å². The van der Waals surface area contributed by atoms with Crippen LogP contribution in [0.5, 0.6) is 5.75 Å². The highest BCUT2D eigenvalue weighted by atomic mass is 16.5. The molecule has 0 fully saturated rings. The maximum atomic E-state index is 5.42. The molecule has 1 atom stereocenters. The third-order valence-electron chi connectivity index (χ3n) is 3.47. The van der Waals surface area contributed by atoms with Gasteiger partial charge >= 0.3 is 0 Å². The molecule has 0 saturated carbocycles. The van der Waals surface area contributed by atoms with Crippen molar-refractivity contribution in [3.8, 4) is 5.75 Å². The zero-order chi connectivity index (χ0) is 12.5. The standard InChI is InChI=1S/C14H17N3O/c1-3-17-14(13(18-2)9-15-17)12-8-10-6-4-5-7-11(10)16-12/h4-7,9,12,16H,3,8H2,1-2H3. The van der Waals surface area contributed by atoms with Crippen molar-refractivity contribution in [3.05, 3.63) is 41.7 Å². The smallest absolute Gasteiger partial charge is 0.162 e. The van der Waals surface area contributed by atoms with Gasteiger partial charge in [-0.1, -0.05) is 18.2 Å². The number of anilines is 1. The molecule has 0 amide bonds. The van der Waals surface area contributed by atoms with E-state index in [1.54, 1.807) is 13.3 Å². The van der Waals surface area contributed by atoms with Crippen molar-refractivity contribution in [2.45, 2.75) is 25.9 Å². The van der Waals surface area contributed by atoms with Gasteiger partial charge in [0.05, 0.1) is 19.3 Å². The topological polar surface area (TPSA) is 39.1 Å². The van der Waals surface area contributed by atoms with Gasteiger partial charge in [-0.25, -0.2) is 0 Å². The lowest BCUT2D eigenvalue weighted by atomic mass is 10.1. The number of benzene rings is 1. The Labute approximate surface area is 107 Å². The number of methoxy groups -OCH3 is 1. The molecule has 1 aromatic heterocycles. The fourth-order valence-electron chi connectivity index (χ4n) is 2.60. The van der Waals surface area contributed by atoms with Crippen molar-refractivity contribution in [1.82, 2.24) is 9.78 Å². The van der Waals surface area contributed by atoms with E-state index in [0.717, 1.165) is 24.4 Å². The molecule has 1 aromatic carbocycles. The number of fused-ring (bicyclic) bond motifs is 1. The van der Waals surface area contributed by atoms with Crippen LogP contribution < -0.4 is 10.1 Å². The van der Waals surface area contributed by atoms with Gasteiger partial charge in [-0.2, -0.15) is 5.10 Å². The summed E-state index contributed by atoms with van der Waals surface area (Å²) in [6, 6.07) is 8.68. The highest BCUT2D eigenvalue weighted by Gasteiger charge is 2.27. The van der Waals surface area contributed by atoms with Gasteiger partial charge in [0.15, 0.2) is 5.75 Å². The molecule has 2 aromatic rings. The lowest BCUT2D eigenvalue weighted by Gasteiger charge is -2.15. The predicted molar refractivity (Wildman–Crippen MR) is 71.0 cm³/mol. The molecule has 1 aliphatic rings. The lowest BCUT2D eigenvalue weighted by Crippen LogP contribution is -2.13. The number of aryl methyl sites for hydroxylation is 1. The highest BCUT2D eigenvalue weighted by molar-refractivity contribution is 5.58. The predicted octanol–water partition coefficient (Wildman–Crippen LogP) is 2.62. The Morgan fingerprint density at radius 1 is 1.44 bits per heavy atom. The molecule has 4 heteroatoms. The van der Waals surface area contributed by atoms with Gasteiger partial charge in [0.25, 0.3) is 0 Å². The number of aromatic nitrogens is 2. The molecule has 0 radical (unpaired) electrons. The first kappa shape index (κ1) is 11.1. The number of nitrogens with one attached hydrogen (secondary N) is 1. The molecular weight excluding hydrogens is 226 g/mol. The van der Waals surface area contributed by atoms with Gasteiger partial charge < -0.3 is 10.1 Å². The highest BCUT2D eigenvalue weighted by Crippen LogP contribution is 2.37. The van der Waals surface area contributed by atoms with Crippen LogP contribution in [-0.4, -0.2) is 16.9 Å². The summed E-state index contributed by atoms with van der Waals surface area (Å²) in [5.74, 6) is 0.863. The summed E-state index contributed by atoms with van der Waals surface area (Å²) in [7, 11) is 1.70. The molecule has 0 bridgehead atoms. The average Bonchev–Trinajstić information content (AvgIpc) is 3.00. The van der Waals surface area contributed by atoms with E-state index in [0.29, 0.717) is 0 Å². The number of ether oxygens (including phenoxy) is 1. The summed E-state index contributed by atoms with van der Waals surface area (Å²) in [5.41, 5.74) is 3.71. The quantitative estimate of drug-likeness (QED) is 0.900. The van der Waals surface area contributed by atoms with Crippen molar-refractivity contribution in [2.24, 2.45) is 0 Å². The van der Waals surface area contributed by atoms with E-state index in [4.69, 9.17) is 4.74 Å².